The fourth-order valence-corrected chi connectivity index (χ4v) is 2.15. The van der Waals surface area contributed by atoms with Gasteiger partial charge in [-0.15, -0.1) is 0 Å². The first kappa shape index (κ1) is 12.1. The van der Waals surface area contributed by atoms with Crippen LogP contribution in [0.1, 0.15) is 31.5 Å². The molecule has 1 aromatic heterocycles. The molecule has 1 saturated carbocycles. The van der Waals surface area contributed by atoms with Crippen LogP contribution in [0.5, 0.6) is 5.88 Å². The van der Waals surface area contributed by atoms with Gasteiger partial charge in [0.1, 0.15) is 11.6 Å². The Balaban J connectivity index is 2.00. The molecule has 17 heavy (non-hydrogen) atoms. The molecule has 1 aliphatic carbocycles. The van der Waals surface area contributed by atoms with Crippen molar-refractivity contribution < 1.29 is 9.84 Å². The Morgan fingerprint density at radius 1 is 1.29 bits per heavy atom. The van der Waals surface area contributed by atoms with Crippen LogP contribution in [-0.2, 0) is 0 Å². The van der Waals surface area contributed by atoms with Crippen LogP contribution in [0.3, 0.4) is 0 Å². The molecule has 2 N–H and O–H groups in total. The molecule has 1 fully saturated rings. The van der Waals surface area contributed by atoms with E-state index in [0.29, 0.717) is 17.7 Å². The monoisotopic (exact) mass is 237 g/mol. The standard InChI is InChI=1S/C12H19N3O2/c1-8-13-11(7-12(14-8)17-2)15-9-3-5-10(16)6-4-9/h7,9-10,16H,3-6H2,1-2H3,(H,13,14,15). The van der Waals surface area contributed by atoms with Crippen molar-refractivity contribution in [3.05, 3.63) is 11.9 Å². The molecule has 0 atom stereocenters. The number of hydrogen-bond acceptors (Lipinski definition) is 5. The Morgan fingerprint density at radius 3 is 2.65 bits per heavy atom. The molecule has 0 aromatic carbocycles. The molecule has 1 aromatic rings. The van der Waals surface area contributed by atoms with Gasteiger partial charge in [-0.25, -0.2) is 4.98 Å². The number of hydrogen-bond donors (Lipinski definition) is 2. The molecule has 0 unspecified atom stereocenters. The van der Waals surface area contributed by atoms with Gasteiger partial charge in [-0.1, -0.05) is 0 Å². The molecular formula is C12H19N3O2. The largest absolute Gasteiger partial charge is 0.481 e. The Morgan fingerprint density at radius 2 is 2.00 bits per heavy atom. The second-order valence-electron chi connectivity index (χ2n) is 4.49. The van der Waals surface area contributed by atoms with Gasteiger partial charge in [0.15, 0.2) is 0 Å². The zero-order valence-corrected chi connectivity index (χ0v) is 10.3. The number of nitrogens with zero attached hydrogens (tertiary/aromatic N) is 2. The summed E-state index contributed by atoms with van der Waals surface area (Å²) in [4.78, 5) is 8.47. The van der Waals surface area contributed by atoms with Crippen LogP contribution in [0.25, 0.3) is 0 Å². The van der Waals surface area contributed by atoms with Crippen LogP contribution >= 0.6 is 0 Å². The third-order valence-corrected chi connectivity index (χ3v) is 3.07. The summed E-state index contributed by atoms with van der Waals surface area (Å²) in [5.41, 5.74) is 0. The molecule has 0 aliphatic heterocycles. The van der Waals surface area contributed by atoms with Gasteiger partial charge in [-0.2, -0.15) is 4.98 Å². The quantitative estimate of drug-likeness (QED) is 0.834. The van der Waals surface area contributed by atoms with Crippen molar-refractivity contribution >= 4 is 5.82 Å². The van der Waals surface area contributed by atoms with E-state index >= 15 is 0 Å². The van der Waals surface area contributed by atoms with Gasteiger partial charge in [0.05, 0.1) is 13.2 Å². The van der Waals surface area contributed by atoms with Gasteiger partial charge in [-0.3, -0.25) is 0 Å². The third-order valence-electron chi connectivity index (χ3n) is 3.07. The summed E-state index contributed by atoms with van der Waals surface area (Å²) >= 11 is 0. The third kappa shape index (κ3) is 3.30. The van der Waals surface area contributed by atoms with Crippen molar-refractivity contribution in [1.29, 1.82) is 0 Å². The van der Waals surface area contributed by atoms with Gasteiger partial charge in [0.2, 0.25) is 5.88 Å². The van der Waals surface area contributed by atoms with E-state index in [0.717, 1.165) is 31.5 Å². The molecular weight excluding hydrogens is 218 g/mol. The zero-order chi connectivity index (χ0) is 12.3. The molecule has 5 heteroatoms. The number of ether oxygens (including phenoxy) is 1. The number of aryl methyl sites for hydroxylation is 1. The van der Waals surface area contributed by atoms with Crippen molar-refractivity contribution in [2.75, 3.05) is 12.4 Å². The minimum Gasteiger partial charge on any atom is -0.481 e. The van der Waals surface area contributed by atoms with Gasteiger partial charge in [-0.05, 0) is 32.6 Å². The minimum absolute atomic E-state index is 0.130. The molecule has 94 valence electrons. The first-order chi connectivity index (χ1) is 8.17. The smallest absolute Gasteiger partial charge is 0.218 e. The van der Waals surface area contributed by atoms with Gasteiger partial charge < -0.3 is 15.2 Å². The van der Waals surface area contributed by atoms with E-state index in [1.165, 1.54) is 0 Å². The fraction of sp³-hybridized carbons (Fsp3) is 0.667. The van der Waals surface area contributed by atoms with Crippen LogP contribution in [0.4, 0.5) is 5.82 Å². The Labute approximate surface area is 101 Å². The van der Waals surface area contributed by atoms with Crippen LogP contribution < -0.4 is 10.1 Å². The van der Waals surface area contributed by atoms with Gasteiger partial charge in [0.25, 0.3) is 0 Å². The fourth-order valence-electron chi connectivity index (χ4n) is 2.15. The normalized spacial score (nSPS) is 24.4. The molecule has 0 amide bonds. The second-order valence-corrected chi connectivity index (χ2v) is 4.49. The maximum absolute atomic E-state index is 9.45. The maximum atomic E-state index is 9.45. The lowest BCUT2D eigenvalue weighted by Crippen LogP contribution is -2.28. The zero-order valence-electron chi connectivity index (χ0n) is 10.3. The van der Waals surface area contributed by atoms with E-state index in [1.807, 2.05) is 6.92 Å². The van der Waals surface area contributed by atoms with Gasteiger partial charge in [0, 0.05) is 12.1 Å². The molecule has 5 nitrogen and oxygen atoms in total. The summed E-state index contributed by atoms with van der Waals surface area (Å²) in [7, 11) is 1.60. The summed E-state index contributed by atoms with van der Waals surface area (Å²) in [6.45, 7) is 1.85. The minimum atomic E-state index is -0.130. The van der Waals surface area contributed by atoms with Crippen molar-refractivity contribution in [2.45, 2.75) is 44.8 Å². The van der Waals surface area contributed by atoms with Gasteiger partial charge >= 0.3 is 0 Å². The molecule has 1 heterocycles. The summed E-state index contributed by atoms with van der Waals surface area (Å²) in [5, 5.41) is 12.8. The number of nitrogens with one attached hydrogen (secondary N) is 1. The van der Waals surface area contributed by atoms with Crippen LogP contribution in [0.15, 0.2) is 6.07 Å². The molecule has 1 aliphatic rings. The van der Waals surface area contributed by atoms with Crippen LogP contribution in [0.2, 0.25) is 0 Å². The lowest BCUT2D eigenvalue weighted by Gasteiger charge is -2.26. The SMILES string of the molecule is COc1cc(NC2CCC(O)CC2)nc(C)n1. The highest BCUT2D eigenvalue weighted by molar-refractivity contribution is 5.39. The summed E-state index contributed by atoms with van der Waals surface area (Å²) in [5.74, 6) is 2.08. The first-order valence-electron chi connectivity index (χ1n) is 6.01. The van der Waals surface area contributed by atoms with Crippen molar-refractivity contribution in [2.24, 2.45) is 0 Å². The number of aromatic nitrogens is 2. The maximum Gasteiger partial charge on any atom is 0.218 e. The van der Waals surface area contributed by atoms with E-state index in [1.54, 1.807) is 13.2 Å². The molecule has 0 spiro atoms. The highest BCUT2D eigenvalue weighted by atomic mass is 16.5. The predicted molar refractivity (Wildman–Crippen MR) is 65.2 cm³/mol. The lowest BCUT2D eigenvalue weighted by atomic mass is 9.93. The molecule has 0 radical (unpaired) electrons. The number of aliphatic hydroxyl groups excluding tert-OH is 1. The van der Waals surface area contributed by atoms with E-state index < -0.39 is 0 Å². The number of methoxy groups -OCH3 is 1. The van der Waals surface area contributed by atoms with Crippen molar-refractivity contribution in [3.63, 3.8) is 0 Å². The summed E-state index contributed by atoms with van der Waals surface area (Å²) in [6.07, 6.45) is 3.55. The van der Waals surface area contributed by atoms with Crippen LogP contribution in [0, 0.1) is 6.92 Å². The highest BCUT2D eigenvalue weighted by Gasteiger charge is 2.19. The van der Waals surface area contributed by atoms with E-state index in [-0.39, 0.29) is 6.10 Å². The average molecular weight is 237 g/mol. The Hall–Kier alpha value is -1.36. The Kier molecular flexibility index (Phi) is 3.78. The first-order valence-corrected chi connectivity index (χ1v) is 6.01. The number of aliphatic hydroxyl groups is 1. The van der Waals surface area contributed by atoms with Crippen LogP contribution in [-0.4, -0.2) is 34.3 Å². The van der Waals surface area contributed by atoms with Crippen molar-refractivity contribution in [1.82, 2.24) is 9.97 Å². The molecule has 2 rings (SSSR count). The topological polar surface area (TPSA) is 67.3 Å². The Bertz CT molecular complexity index is 376. The lowest BCUT2D eigenvalue weighted by molar-refractivity contribution is 0.126. The second kappa shape index (κ2) is 5.31. The molecule has 0 saturated heterocycles. The number of anilines is 1. The summed E-state index contributed by atoms with van der Waals surface area (Å²) in [6, 6.07) is 2.19. The van der Waals surface area contributed by atoms with Crippen molar-refractivity contribution in [3.8, 4) is 5.88 Å². The van der Waals surface area contributed by atoms with E-state index in [9.17, 15) is 5.11 Å². The average Bonchev–Trinajstić information content (AvgIpc) is 2.31. The highest BCUT2D eigenvalue weighted by Crippen LogP contribution is 2.22. The number of rotatable bonds is 3. The predicted octanol–water partition coefficient (Wildman–Crippen LogP) is 1.51. The van der Waals surface area contributed by atoms with E-state index in [2.05, 4.69) is 15.3 Å². The summed E-state index contributed by atoms with van der Waals surface area (Å²) < 4.78 is 5.11. The van der Waals surface area contributed by atoms with E-state index in [4.69, 9.17) is 4.74 Å². The molecule has 0 bridgehead atoms.